The number of aliphatic hydroxyl groups is 1. The lowest BCUT2D eigenvalue weighted by molar-refractivity contribution is 0.0594. The first-order chi connectivity index (χ1) is 16.3. The molecule has 1 amide bonds. The third-order valence-electron chi connectivity index (χ3n) is 6.13. The van der Waals surface area contributed by atoms with Crippen LogP contribution in [-0.2, 0) is 0 Å². The van der Waals surface area contributed by atoms with Gasteiger partial charge < -0.3 is 25.0 Å². The Bertz CT molecular complexity index is 1240. The average molecular weight is 504 g/mol. The molecular formula is C25H27Cl2N3O4. The van der Waals surface area contributed by atoms with E-state index in [0.29, 0.717) is 38.7 Å². The van der Waals surface area contributed by atoms with Gasteiger partial charge in [-0.1, -0.05) is 41.4 Å². The van der Waals surface area contributed by atoms with Crippen molar-refractivity contribution in [2.45, 2.75) is 32.0 Å². The summed E-state index contributed by atoms with van der Waals surface area (Å²) in [6.07, 6.45) is 2.34. The molecule has 1 aromatic heterocycles. The van der Waals surface area contributed by atoms with Crippen molar-refractivity contribution in [3.8, 4) is 5.75 Å². The predicted molar refractivity (Wildman–Crippen MR) is 134 cm³/mol. The Morgan fingerprint density at radius 3 is 2.65 bits per heavy atom. The standard InChI is InChI=1S/C25H27Cl2N3O4/c1-15-21(26)6-7-22(23(15)27)34-17-8-10-30(11-9-17)14-16(31)12-28-25(33)20-13-29-24(32)19-5-3-2-4-18(19)20/h2-7,13,16-17,31H,8-12,14H2,1H3,(H,28,33)(H,29,32). The van der Waals surface area contributed by atoms with Gasteiger partial charge in [0, 0.05) is 48.2 Å². The number of pyridine rings is 1. The van der Waals surface area contributed by atoms with Crippen LogP contribution in [-0.4, -0.2) is 59.3 Å². The summed E-state index contributed by atoms with van der Waals surface area (Å²) in [5.41, 5.74) is 0.933. The zero-order chi connectivity index (χ0) is 24.2. The van der Waals surface area contributed by atoms with Crippen LogP contribution in [0.2, 0.25) is 10.0 Å². The van der Waals surface area contributed by atoms with Crippen LogP contribution in [0.1, 0.15) is 28.8 Å². The van der Waals surface area contributed by atoms with Crippen LogP contribution in [0.15, 0.2) is 47.4 Å². The number of piperidine rings is 1. The first-order valence-corrected chi connectivity index (χ1v) is 12.0. The smallest absolute Gasteiger partial charge is 0.255 e. The zero-order valence-corrected chi connectivity index (χ0v) is 20.3. The van der Waals surface area contributed by atoms with Gasteiger partial charge in [-0.25, -0.2) is 0 Å². The number of amides is 1. The molecule has 7 nitrogen and oxygen atoms in total. The molecule has 0 radical (unpaired) electrons. The quantitative estimate of drug-likeness (QED) is 0.456. The number of hydrogen-bond donors (Lipinski definition) is 3. The zero-order valence-electron chi connectivity index (χ0n) is 18.8. The number of β-amino-alcohol motifs (C(OH)–C–C–N with tert-alkyl or cyclic N) is 1. The molecule has 2 heterocycles. The fraction of sp³-hybridized carbons (Fsp3) is 0.360. The largest absolute Gasteiger partial charge is 0.489 e. The number of benzene rings is 2. The molecule has 3 aromatic rings. The van der Waals surface area contributed by atoms with E-state index >= 15 is 0 Å². The Labute approximate surface area is 207 Å². The third-order valence-corrected chi connectivity index (χ3v) is 7.01. The molecule has 34 heavy (non-hydrogen) atoms. The molecule has 1 aliphatic heterocycles. The second kappa shape index (κ2) is 10.8. The summed E-state index contributed by atoms with van der Waals surface area (Å²) in [4.78, 5) is 29.4. The maximum Gasteiger partial charge on any atom is 0.255 e. The molecule has 1 atom stereocenters. The maximum absolute atomic E-state index is 12.7. The number of aliphatic hydroxyl groups excluding tert-OH is 1. The van der Waals surface area contributed by atoms with Crippen LogP contribution in [0.5, 0.6) is 5.75 Å². The van der Waals surface area contributed by atoms with E-state index in [9.17, 15) is 14.7 Å². The highest BCUT2D eigenvalue weighted by Crippen LogP contribution is 2.34. The molecule has 180 valence electrons. The van der Waals surface area contributed by atoms with Crippen molar-refractivity contribution in [3.63, 3.8) is 0 Å². The molecular weight excluding hydrogens is 477 g/mol. The number of aromatic amines is 1. The lowest BCUT2D eigenvalue weighted by Crippen LogP contribution is -2.45. The van der Waals surface area contributed by atoms with Crippen molar-refractivity contribution < 1.29 is 14.6 Å². The molecule has 1 saturated heterocycles. The molecule has 0 aliphatic carbocycles. The van der Waals surface area contributed by atoms with E-state index in [1.807, 2.05) is 6.92 Å². The number of hydrogen-bond acceptors (Lipinski definition) is 5. The molecule has 1 aliphatic rings. The Morgan fingerprint density at radius 1 is 1.21 bits per heavy atom. The fourth-order valence-corrected chi connectivity index (χ4v) is 4.60. The molecule has 0 spiro atoms. The SMILES string of the molecule is Cc1c(Cl)ccc(OC2CCN(CC(O)CNC(=O)c3c[nH]c(=O)c4ccccc34)CC2)c1Cl. The number of nitrogens with one attached hydrogen (secondary N) is 2. The number of rotatable bonds is 7. The minimum atomic E-state index is -0.719. The van der Waals surface area contributed by atoms with Gasteiger partial charge in [0.05, 0.1) is 16.7 Å². The minimum Gasteiger partial charge on any atom is -0.489 e. The molecule has 2 aromatic carbocycles. The summed E-state index contributed by atoms with van der Waals surface area (Å²) < 4.78 is 6.08. The van der Waals surface area contributed by atoms with Gasteiger partial charge >= 0.3 is 0 Å². The number of H-pyrrole nitrogens is 1. The number of aromatic nitrogens is 1. The van der Waals surface area contributed by atoms with Crippen molar-refractivity contribution in [1.29, 1.82) is 0 Å². The second-order valence-corrected chi connectivity index (χ2v) is 9.33. The summed E-state index contributed by atoms with van der Waals surface area (Å²) in [6.45, 7) is 3.96. The summed E-state index contributed by atoms with van der Waals surface area (Å²) in [5.74, 6) is 0.299. The van der Waals surface area contributed by atoms with Gasteiger partial charge in [0.25, 0.3) is 11.5 Å². The van der Waals surface area contributed by atoms with E-state index in [-0.39, 0.29) is 24.1 Å². The van der Waals surface area contributed by atoms with Crippen molar-refractivity contribution in [1.82, 2.24) is 15.2 Å². The van der Waals surface area contributed by atoms with Crippen molar-refractivity contribution in [3.05, 3.63) is 74.1 Å². The first kappa shape index (κ1) is 24.5. The number of carbonyl (C=O) groups excluding carboxylic acids is 1. The second-order valence-electron chi connectivity index (χ2n) is 8.54. The number of ether oxygens (including phenoxy) is 1. The van der Waals surface area contributed by atoms with Gasteiger partial charge in [-0.2, -0.15) is 0 Å². The molecule has 0 bridgehead atoms. The monoisotopic (exact) mass is 503 g/mol. The van der Waals surface area contributed by atoms with Gasteiger partial charge in [0.2, 0.25) is 0 Å². The third kappa shape index (κ3) is 5.55. The number of fused-ring (bicyclic) bond motifs is 1. The Kier molecular flexibility index (Phi) is 7.78. The highest BCUT2D eigenvalue weighted by molar-refractivity contribution is 6.36. The highest BCUT2D eigenvalue weighted by Gasteiger charge is 2.24. The summed E-state index contributed by atoms with van der Waals surface area (Å²) in [5, 5.41) is 15.4. The summed E-state index contributed by atoms with van der Waals surface area (Å²) in [6, 6.07) is 10.5. The lowest BCUT2D eigenvalue weighted by atomic mass is 10.1. The van der Waals surface area contributed by atoms with Gasteiger partial charge in [-0.3, -0.25) is 9.59 Å². The van der Waals surface area contributed by atoms with Gasteiger partial charge in [0.15, 0.2) is 0 Å². The van der Waals surface area contributed by atoms with Crippen LogP contribution in [0.4, 0.5) is 0 Å². The van der Waals surface area contributed by atoms with Gasteiger partial charge in [-0.05, 0) is 43.5 Å². The number of likely N-dealkylation sites (tertiary alicyclic amines) is 1. The first-order valence-electron chi connectivity index (χ1n) is 11.2. The molecule has 4 rings (SSSR count). The van der Waals surface area contributed by atoms with E-state index in [0.717, 1.165) is 31.5 Å². The normalized spacial score (nSPS) is 15.9. The van der Waals surface area contributed by atoms with Crippen LogP contribution >= 0.6 is 23.2 Å². The lowest BCUT2D eigenvalue weighted by Gasteiger charge is -2.33. The maximum atomic E-state index is 12.7. The number of carbonyl (C=O) groups is 1. The van der Waals surface area contributed by atoms with Crippen molar-refractivity contribution in [2.75, 3.05) is 26.2 Å². The Hall–Kier alpha value is -2.58. The van der Waals surface area contributed by atoms with E-state index in [2.05, 4.69) is 15.2 Å². The van der Waals surface area contributed by atoms with Crippen LogP contribution in [0, 0.1) is 6.92 Å². The molecule has 1 unspecified atom stereocenters. The molecule has 1 fully saturated rings. The van der Waals surface area contributed by atoms with Gasteiger partial charge in [0.1, 0.15) is 11.9 Å². The minimum absolute atomic E-state index is 0.0414. The van der Waals surface area contributed by atoms with E-state index in [1.165, 1.54) is 6.20 Å². The fourth-order valence-electron chi connectivity index (χ4n) is 4.18. The molecule has 0 saturated carbocycles. The van der Waals surface area contributed by atoms with Crippen LogP contribution in [0.25, 0.3) is 10.8 Å². The summed E-state index contributed by atoms with van der Waals surface area (Å²) >= 11 is 12.5. The topological polar surface area (TPSA) is 94.7 Å². The predicted octanol–water partition coefficient (Wildman–Crippen LogP) is 3.78. The van der Waals surface area contributed by atoms with E-state index in [4.69, 9.17) is 27.9 Å². The molecule has 9 heteroatoms. The highest BCUT2D eigenvalue weighted by atomic mass is 35.5. The van der Waals surface area contributed by atoms with Crippen molar-refractivity contribution in [2.24, 2.45) is 0 Å². The van der Waals surface area contributed by atoms with Crippen molar-refractivity contribution >= 4 is 39.9 Å². The van der Waals surface area contributed by atoms with E-state index in [1.54, 1.807) is 36.4 Å². The van der Waals surface area contributed by atoms with Crippen LogP contribution in [0.3, 0.4) is 0 Å². The average Bonchev–Trinajstić information content (AvgIpc) is 2.84. The molecule has 3 N–H and O–H groups in total. The van der Waals surface area contributed by atoms with Crippen LogP contribution < -0.4 is 15.6 Å². The number of halogens is 2. The Balaban J connectivity index is 1.25. The van der Waals surface area contributed by atoms with Gasteiger partial charge in [-0.15, -0.1) is 0 Å². The summed E-state index contributed by atoms with van der Waals surface area (Å²) in [7, 11) is 0. The number of nitrogens with zero attached hydrogens (tertiary/aromatic N) is 1. The van der Waals surface area contributed by atoms with E-state index < -0.39 is 6.10 Å². The Morgan fingerprint density at radius 2 is 1.91 bits per heavy atom.